The summed E-state index contributed by atoms with van der Waals surface area (Å²) in [7, 11) is 0. The van der Waals surface area contributed by atoms with Crippen LogP contribution >= 0.6 is 0 Å². The molecular formula is C18H28N2O2. The van der Waals surface area contributed by atoms with Crippen molar-refractivity contribution in [2.45, 2.75) is 51.7 Å². The van der Waals surface area contributed by atoms with Gasteiger partial charge in [-0.15, -0.1) is 0 Å². The van der Waals surface area contributed by atoms with Crippen LogP contribution in [0.5, 0.6) is 11.5 Å². The highest BCUT2D eigenvalue weighted by Crippen LogP contribution is 2.30. The van der Waals surface area contributed by atoms with Gasteiger partial charge in [0.25, 0.3) is 0 Å². The molecule has 0 saturated carbocycles. The molecule has 0 radical (unpaired) electrons. The average Bonchev–Trinajstić information content (AvgIpc) is 2.78. The number of ether oxygens (including phenoxy) is 2. The second kappa shape index (κ2) is 7.34. The fraction of sp³-hybridized carbons (Fsp3) is 0.667. The summed E-state index contributed by atoms with van der Waals surface area (Å²) in [6, 6.07) is 7.60. The Morgan fingerprint density at radius 2 is 1.86 bits per heavy atom. The van der Waals surface area contributed by atoms with Gasteiger partial charge in [0, 0.05) is 25.0 Å². The van der Waals surface area contributed by atoms with Gasteiger partial charge in [-0.05, 0) is 57.5 Å². The van der Waals surface area contributed by atoms with Crippen molar-refractivity contribution in [1.82, 2.24) is 10.2 Å². The maximum Gasteiger partial charge on any atom is 0.161 e. The quantitative estimate of drug-likeness (QED) is 0.927. The van der Waals surface area contributed by atoms with E-state index in [9.17, 15) is 0 Å². The van der Waals surface area contributed by atoms with Crippen molar-refractivity contribution in [2.75, 3.05) is 26.3 Å². The number of nitrogens with zero attached hydrogens (tertiary/aromatic N) is 1. The first-order chi connectivity index (χ1) is 10.7. The Labute approximate surface area is 133 Å². The number of likely N-dealkylation sites (tertiary alicyclic amines) is 1. The molecular weight excluding hydrogens is 276 g/mol. The fourth-order valence-electron chi connectivity index (χ4n) is 3.20. The summed E-state index contributed by atoms with van der Waals surface area (Å²) in [6.45, 7) is 9.38. The van der Waals surface area contributed by atoms with E-state index in [4.69, 9.17) is 9.47 Å². The number of piperidine rings is 1. The topological polar surface area (TPSA) is 33.7 Å². The summed E-state index contributed by atoms with van der Waals surface area (Å²) < 4.78 is 11.4. The molecule has 2 heterocycles. The molecule has 122 valence electrons. The fourth-order valence-corrected chi connectivity index (χ4v) is 3.20. The predicted molar refractivity (Wildman–Crippen MR) is 88.6 cm³/mol. The molecule has 3 rings (SSSR count). The van der Waals surface area contributed by atoms with Crippen molar-refractivity contribution in [3.63, 3.8) is 0 Å². The Morgan fingerprint density at radius 1 is 1.14 bits per heavy atom. The maximum atomic E-state index is 5.76. The van der Waals surface area contributed by atoms with Crippen LogP contribution in [0.4, 0.5) is 0 Å². The van der Waals surface area contributed by atoms with Gasteiger partial charge in [-0.25, -0.2) is 0 Å². The first-order valence-electron chi connectivity index (χ1n) is 8.58. The van der Waals surface area contributed by atoms with Gasteiger partial charge in [-0.3, -0.25) is 0 Å². The molecule has 1 N–H and O–H groups in total. The molecule has 22 heavy (non-hydrogen) atoms. The van der Waals surface area contributed by atoms with Crippen LogP contribution in [0.15, 0.2) is 18.2 Å². The number of rotatable bonds is 4. The van der Waals surface area contributed by atoms with Crippen molar-refractivity contribution < 1.29 is 9.47 Å². The van der Waals surface area contributed by atoms with E-state index in [1.54, 1.807) is 0 Å². The third-order valence-electron chi connectivity index (χ3n) is 4.67. The first kappa shape index (κ1) is 15.6. The lowest BCUT2D eigenvalue weighted by Gasteiger charge is -2.35. The second-order valence-corrected chi connectivity index (χ2v) is 6.62. The first-order valence-corrected chi connectivity index (χ1v) is 8.58. The molecule has 1 saturated heterocycles. The number of nitrogens with one attached hydrogen (secondary N) is 1. The Hall–Kier alpha value is -1.26. The highest BCUT2D eigenvalue weighted by atomic mass is 16.5. The van der Waals surface area contributed by atoms with E-state index in [0.29, 0.717) is 12.1 Å². The van der Waals surface area contributed by atoms with E-state index in [0.717, 1.165) is 37.7 Å². The maximum absolute atomic E-state index is 5.76. The molecule has 0 spiro atoms. The predicted octanol–water partition coefficient (Wildman–Crippen LogP) is 2.81. The highest BCUT2D eigenvalue weighted by Gasteiger charge is 2.20. The van der Waals surface area contributed by atoms with Crippen molar-refractivity contribution in [1.29, 1.82) is 0 Å². The Kier molecular flexibility index (Phi) is 5.21. The van der Waals surface area contributed by atoms with Crippen LogP contribution in [0, 0.1) is 0 Å². The van der Waals surface area contributed by atoms with Crippen LogP contribution in [0.3, 0.4) is 0 Å². The van der Waals surface area contributed by atoms with Crippen LogP contribution in [-0.4, -0.2) is 43.3 Å². The SMILES string of the molecule is CC(C)N1CCC(NCc2ccc3c(c2)OCCCO3)CC1. The van der Waals surface area contributed by atoms with Crippen LogP contribution < -0.4 is 14.8 Å². The van der Waals surface area contributed by atoms with Crippen molar-refractivity contribution in [3.05, 3.63) is 23.8 Å². The summed E-state index contributed by atoms with van der Waals surface area (Å²) >= 11 is 0. The molecule has 1 fully saturated rings. The highest BCUT2D eigenvalue weighted by molar-refractivity contribution is 5.43. The normalized spacial score (nSPS) is 20.1. The zero-order valence-corrected chi connectivity index (χ0v) is 13.8. The van der Waals surface area contributed by atoms with Crippen LogP contribution in [0.1, 0.15) is 38.7 Å². The number of hydrogen-bond acceptors (Lipinski definition) is 4. The molecule has 4 nitrogen and oxygen atoms in total. The summed E-state index contributed by atoms with van der Waals surface area (Å²) in [5.41, 5.74) is 1.27. The van der Waals surface area contributed by atoms with Gasteiger partial charge in [-0.2, -0.15) is 0 Å². The van der Waals surface area contributed by atoms with Crippen LogP contribution in [0.2, 0.25) is 0 Å². The van der Waals surface area contributed by atoms with Gasteiger partial charge in [0.05, 0.1) is 13.2 Å². The van der Waals surface area contributed by atoms with Crippen LogP contribution in [-0.2, 0) is 6.54 Å². The molecule has 2 aliphatic rings. The lowest BCUT2D eigenvalue weighted by Crippen LogP contribution is -2.44. The molecule has 0 amide bonds. The van der Waals surface area contributed by atoms with E-state index in [1.807, 2.05) is 6.07 Å². The van der Waals surface area contributed by atoms with Gasteiger partial charge in [0.2, 0.25) is 0 Å². The van der Waals surface area contributed by atoms with Crippen LogP contribution in [0.25, 0.3) is 0 Å². The number of hydrogen-bond donors (Lipinski definition) is 1. The van der Waals surface area contributed by atoms with Gasteiger partial charge < -0.3 is 19.7 Å². The minimum absolute atomic E-state index is 0.631. The smallest absolute Gasteiger partial charge is 0.161 e. The van der Waals surface area contributed by atoms with Gasteiger partial charge >= 0.3 is 0 Å². The van der Waals surface area contributed by atoms with Gasteiger partial charge in [-0.1, -0.05) is 6.07 Å². The van der Waals surface area contributed by atoms with Crippen molar-refractivity contribution in [3.8, 4) is 11.5 Å². The van der Waals surface area contributed by atoms with E-state index in [-0.39, 0.29) is 0 Å². The Morgan fingerprint density at radius 3 is 2.59 bits per heavy atom. The Balaban J connectivity index is 1.51. The summed E-state index contributed by atoms with van der Waals surface area (Å²) in [4.78, 5) is 2.56. The molecule has 4 heteroatoms. The van der Waals surface area contributed by atoms with E-state index in [2.05, 4.69) is 36.2 Å². The molecule has 1 aromatic carbocycles. The molecule has 0 aromatic heterocycles. The average molecular weight is 304 g/mol. The zero-order chi connectivity index (χ0) is 15.4. The summed E-state index contributed by atoms with van der Waals surface area (Å²) in [6.07, 6.45) is 3.43. The molecule has 0 aliphatic carbocycles. The molecule has 2 aliphatic heterocycles. The summed E-state index contributed by atoms with van der Waals surface area (Å²) in [5.74, 6) is 1.78. The molecule has 0 unspecified atom stereocenters. The Bertz CT molecular complexity index is 482. The van der Waals surface area contributed by atoms with Gasteiger partial charge in [0.15, 0.2) is 11.5 Å². The minimum atomic E-state index is 0.631. The number of benzene rings is 1. The largest absolute Gasteiger partial charge is 0.490 e. The molecule has 1 aromatic rings. The van der Waals surface area contributed by atoms with E-state index < -0.39 is 0 Å². The minimum Gasteiger partial charge on any atom is -0.490 e. The van der Waals surface area contributed by atoms with Crippen molar-refractivity contribution >= 4 is 0 Å². The third-order valence-corrected chi connectivity index (χ3v) is 4.67. The number of fused-ring (bicyclic) bond motifs is 1. The van der Waals surface area contributed by atoms with E-state index in [1.165, 1.54) is 31.5 Å². The lowest BCUT2D eigenvalue weighted by molar-refractivity contribution is 0.161. The molecule has 0 atom stereocenters. The van der Waals surface area contributed by atoms with Crippen molar-refractivity contribution in [2.24, 2.45) is 0 Å². The summed E-state index contributed by atoms with van der Waals surface area (Å²) in [5, 5.41) is 3.70. The van der Waals surface area contributed by atoms with Gasteiger partial charge in [0.1, 0.15) is 0 Å². The van der Waals surface area contributed by atoms with E-state index >= 15 is 0 Å². The zero-order valence-electron chi connectivity index (χ0n) is 13.8. The monoisotopic (exact) mass is 304 g/mol. The third kappa shape index (κ3) is 3.93. The molecule has 0 bridgehead atoms. The standard InChI is InChI=1S/C18H28N2O2/c1-14(2)20-8-6-16(7-9-20)19-13-15-4-5-17-18(12-15)22-11-3-10-21-17/h4-5,12,14,16,19H,3,6-11,13H2,1-2H3. The lowest BCUT2D eigenvalue weighted by atomic mass is 10.0. The second-order valence-electron chi connectivity index (χ2n) is 6.62.